The first-order valence-corrected chi connectivity index (χ1v) is 6.45. The molecule has 0 saturated carbocycles. The van der Waals surface area contributed by atoms with Crippen LogP contribution in [0.5, 0.6) is 0 Å². The summed E-state index contributed by atoms with van der Waals surface area (Å²) in [4.78, 5) is 0. The van der Waals surface area contributed by atoms with Gasteiger partial charge in [0, 0.05) is 10.0 Å². The summed E-state index contributed by atoms with van der Waals surface area (Å²) >= 11 is 3.03. The molecule has 1 aromatic heterocycles. The number of hydrogen-bond acceptors (Lipinski definition) is 3. The molecule has 0 atom stereocenters. The minimum absolute atomic E-state index is 0.269. The highest BCUT2D eigenvalue weighted by Crippen LogP contribution is 2.25. The second-order valence-electron chi connectivity index (χ2n) is 4.00. The van der Waals surface area contributed by atoms with Crippen molar-refractivity contribution in [3.05, 3.63) is 58.6 Å². The van der Waals surface area contributed by atoms with E-state index in [1.807, 2.05) is 6.07 Å². The topological polar surface area (TPSA) is 43.6 Å². The number of rotatable bonds is 2. The van der Waals surface area contributed by atoms with Crippen molar-refractivity contribution in [1.82, 2.24) is 20.2 Å². The quantitative estimate of drug-likeness (QED) is 0.720. The zero-order chi connectivity index (χ0) is 14.1. The van der Waals surface area contributed by atoms with E-state index in [0.717, 1.165) is 16.8 Å². The smallest absolute Gasteiger partial charge is 0.187 e. The first kappa shape index (κ1) is 12.9. The van der Waals surface area contributed by atoms with Gasteiger partial charge in [-0.3, -0.25) is 0 Å². The highest BCUT2D eigenvalue weighted by molar-refractivity contribution is 9.10. The molecule has 0 bridgehead atoms. The van der Waals surface area contributed by atoms with Crippen LogP contribution in [0.3, 0.4) is 0 Å². The summed E-state index contributed by atoms with van der Waals surface area (Å²) in [6.45, 7) is 0. The third-order valence-electron chi connectivity index (χ3n) is 2.69. The first-order chi connectivity index (χ1) is 9.66. The standard InChI is InChI=1S/C13H7BrF2N4/c14-9-6-10(15)12(11(16)7-9)20-13(17-18-19-20)8-4-2-1-3-5-8/h1-7H. The van der Waals surface area contributed by atoms with Gasteiger partial charge in [-0.2, -0.15) is 4.68 Å². The van der Waals surface area contributed by atoms with E-state index in [-0.39, 0.29) is 11.5 Å². The Labute approximate surface area is 121 Å². The van der Waals surface area contributed by atoms with Crippen molar-refractivity contribution in [2.45, 2.75) is 0 Å². The van der Waals surface area contributed by atoms with Crippen LogP contribution in [0.1, 0.15) is 0 Å². The molecule has 0 aliphatic carbocycles. The molecule has 0 amide bonds. The Balaban J connectivity index is 2.21. The number of aromatic nitrogens is 4. The number of nitrogens with zero attached hydrogens (tertiary/aromatic N) is 4. The Kier molecular flexibility index (Phi) is 3.27. The molecule has 3 rings (SSSR count). The van der Waals surface area contributed by atoms with Crippen LogP contribution in [0, 0.1) is 11.6 Å². The lowest BCUT2D eigenvalue weighted by molar-refractivity contribution is 0.556. The van der Waals surface area contributed by atoms with Gasteiger partial charge in [0.15, 0.2) is 17.5 Å². The van der Waals surface area contributed by atoms with Crippen molar-refractivity contribution in [3.8, 4) is 17.1 Å². The fourth-order valence-electron chi connectivity index (χ4n) is 1.84. The summed E-state index contributed by atoms with van der Waals surface area (Å²) in [6, 6.07) is 11.3. The fraction of sp³-hybridized carbons (Fsp3) is 0. The third kappa shape index (κ3) is 2.20. The van der Waals surface area contributed by atoms with Gasteiger partial charge in [-0.05, 0) is 22.6 Å². The van der Waals surface area contributed by atoms with E-state index < -0.39 is 11.6 Å². The largest absolute Gasteiger partial charge is 0.204 e. The van der Waals surface area contributed by atoms with Crippen LogP contribution < -0.4 is 0 Å². The summed E-state index contributed by atoms with van der Waals surface area (Å²) in [5.74, 6) is -1.23. The molecule has 0 N–H and O–H groups in total. The zero-order valence-corrected chi connectivity index (χ0v) is 11.6. The van der Waals surface area contributed by atoms with E-state index in [1.54, 1.807) is 24.3 Å². The van der Waals surface area contributed by atoms with Crippen LogP contribution in [0.15, 0.2) is 46.9 Å². The normalized spacial score (nSPS) is 10.8. The molecular formula is C13H7BrF2N4. The van der Waals surface area contributed by atoms with E-state index in [1.165, 1.54) is 0 Å². The fourth-order valence-corrected chi connectivity index (χ4v) is 2.24. The van der Waals surface area contributed by atoms with Gasteiger partial charge in [0.25, 0.3) is 0 Å². The van der Waals surface area contributed by atoms with Crippen LogP contribution in [-0.2, 0) is 0 Å². The summed E-state index contributed by atoms with van der Waals surface area (Å²) in [5, 5.41) is 11.0. The van der Waals surface area contributed by atoms with Gasteiger partial charge in [0.05, 0.1) is 0 Å². The van der Waals surface area contributed by atoms with Crippen molar-refractivity contribution in [2.24, 2.45) is 0 Å². The van der Waals surface area contributed by atoms with Gasteiger partial charge < -0.3 is 0 Å². The third-order valence-corrected chi connectivity index (χ3v) is 3.15. The van der Waals surface area contributed by atoms with E-state index in [0.29, 0.717) is 10.0 Å². The molecule has 0 unspecified atom stereocenters. The van der Waals surface area contributed by atoms with E-state index in [2.05, 4.69) is 31.5 Å². The molecule has 0 spiro atoms. The molecule has 0 aliphatic rings. The summed E-state index contributed by atoms with van der Waals surface area (Å²) in [6.07, 6.45) is 0. The predicted molar refractivity (Wildman–Crippen MR) is 72.2 cm³/mol. The molecule has 100 valence electrons. The summed E-state index contributed by atoms with van der Waals surface area (Å²) in [7, 11) is 0. The molecule has 1 heterocycles. The minimum atomic E-state index is -0.749. The lowest BCUT2D eigenvalue weighted by atomic mass is 10.2. The van der Waals surface area contributed by atoms with Crippen molar-refractivity contribution in [3.63, 3.8) is 0 Å². The maximum atomic E-state index is 14.0. The molecule has 2 aromatic carbocycles. The van der Waals surface area contributed by atoms with Crippen LogP contribution in [0.2, 0.25) is 0 Å². The van der Waals surface area contributed by atoms with E-state index in [4.69, 9.17) is 0 Å². The monoisotopic (exact) mass is 336 g/mol. The van der Waals surface area contributed by atoms with Crippen LogP contribution in [0.4, 0.5) is 8.78 Å². The lowest BCUT2D eigenvalue weighted by Crippen LogP contribution is -2.05. The van der Waals surface area contributed by atoms with Crippen molar-refractivity contribution >= 4 is 15.9 Å². The zero-order valence-electron chi connectivity index (χ0n) is 9.96. The average molecular weight is 337 g/mol. The van der Waals surface area contributed by atoms with Crippen LogP contribution in [-0.4, -0.2) is 20.2 Å². The first-order valence-electron chi connectivity index (χ1n) is 5.65. The Morgan fingerprint density at radius 3 is 2.30 bits per heavy atom. The number of tetrazole rings is 1. The molecular weight excluding hydrogens is 330 g/mol. The maximum Gasteiger partial charge on any atom is 0.187 e. The number of benzene rings is 2. The maximum absolute atomic E-state index is 14.0. The lowest BCUT2D eigenvalue weighted by Gasteiger charge is -2.07. The molecule has 7 heteroatoms. The van der Waals surface area contributed by atoms with Crippen molar-refractivity contribution < 1.29 is 8.78 Å². The Bertz CT molecular complexity index is 735. The van der Waals surface area contributed by atoms with E-state index >= 15 is 0 Å². The Hall–Kier alpha value is -2.15. The summed E-state index contributed by atoms with van der Waals surface area (Å²) in [5.41, 5.74) is 0.358. The average Bonchev–Trinajstić information content (AvgIpc) is 2.87. The predicted octanol–water partition coefficient (Wildman–Crippen LogP) is 3.37. The Morgan fingerprint density at radius 2 is 1.65 bits per heavy atom. The molecule has 0 saturated heterocycles. The molecule has 4 nitrogen and oxygen atoms in total. The van der Waals surface area contributed by atoms with Gasteiger partial charge in [-0.15, -0.1) is 5.10 Å². The van der Waals surface area contributed by atoms with Gasteiger partial charge in [-0.25, -0.2) is 8.78 Å². The van der Waals surface area contributed by atoms with Crippen LogP contribution in [0.25, 0.3) is 17.1 Å². The highest BCUT2D eigenvalue weighted by atomic mass is 79.9. The molecule has 0 radical (unpaired) electrons. The number of halogens is 3. The second kappa shape index (κ2) is 5.09. The van der Waals surface area contributed by atoms with E-state index in [9.17, 15) is 8.78 Å². The SMILES string of the molecule is Fc1cc(Br)cc(F)c1-n1nnnc1-c1ccccc1. The van der Waals surface area contributed by atoms with Gasteiger partial charge in [0.2, 0.25) is 0 Å². The Morgan fingerprint density at radius 1 is 1.00 bits per heavy atom. The molecule has 3 aromatic rings. The minimum Gasteiger partial charge on any atom is -0.204 e. The van der Waals surface area contributed by atoms with Crippen LogP contribution >= 0.6 is 15.9 Å². The van der Waals surface area contributed by atoms with Gasteiger partial charge in [0.1, 0.15) is 5.69 Å². The summed E-state index contributed by atoms with van der Waals surface area (Å²) < 4.78 is 29.3. The number of hydrogen-bond donors (Lipinski definition) is 0. The van der Waals surface area contributed by atoms with Gasteiger partial charge in [-0.1, -0.05) is 46.3 Å². The molecule has 0 fully saturated rings. The van der Waals surface area contributed by atoms with Crippen molar-refractivity contribution in [2.75, 3.05) is 0 Å². The molecule has 0 aliphatic heterocycles. The van der Waals surface area contributed by atoms with Crippen molar-refractivity contribution in [1.29, 1.82) is 0 Å². The second-order valence-corrected chi connectivity index (χ2v) is 4.91. The highest BCUT2D eigenvalue weighted by Gasteiger charge is 2.18. The molecule has 20 heavy (non-hydrogen) atoms. The van der Waals surface area contributed by atoms with Gasteiger partial charge >= 0.3 is 0 Å².